The van der Waals surface area contributed by atoms with Crippen molar-refractivity contribution >= 4 is 44.0 Å². The number of aromatic amines is 1. The largest absolute Gasteiger partial charge is 0.383 e. The first-order valence-corrected chi connectivity index (χ1v) is 15.1. The fourth-order valence-corrected chi connectivity index (χ4v) is 5.70. The van der Waals surface area contributed by atoms with Crippen LogP contribution in [0.1, 0.15) is 0 Å². The predicted molar refractivity (Wildman–Crippen MR) is 155 cm³/mol. The number of aromatic nitrogens is 3. The number of anilines is 3. The van der Waals surface area contributed by atoms with E-state index in [-0.39, 0.29) is 29.8 Å². The Kier molecular flexibility index (Phi) is 8.50. The molecule has 1 aliphatic heterocycles. The monoisotopic (exact) mass is 599 g/mol. The van der Waals surface area contributed by atoms with Gasteiger partial charge >= 0.3 is 0 Å². The van der Waals surface area contributed by atoms with Crippen LogP contribution in [0.4, 0.5) is 26.1 Å². The SMILES string of the molecule is COC[C@@H](C(=O)Nc1cccc2c(-c3nc(Nc4cccc(S(C)(=O)=O)c4F)ncc3F)c[nH]c12)N1CCN(C)CC1. The molecule has 1 atom stereocenters. The molecule has 2 aromatic heterocycles. The lowest BCUT2D eigenvalue weighted by atomic mass is 10.1. The van der Waals surface area contributed by atoms with Crippen LogP contribution in [-0.4, -0.2) is 98.3 Å². The van der Waals surface area contributed by atoms with Gasteiger partial charge in [0.1, 0.15) is 16.6 Å². The molecule has 4 aromatic rings. The zero-order valence-corrected chi connectivity index (χ0v) is 24.1. The second-order valence-corrected chi connectivity index (χ2v) is 12.1. The molecule has 11 nitrogen and oxygen atoms in total. The first kappa shape index (κ1) is 29.5. The van der Waals surface area contributed by atoms with Crippen molar-refractivity contribution in [2.75, 3.05) is 63.8 Å². The van der Waals surface area contributed by atoms with Crippen LogP contribution < -0.4 is 10.6 Å². The lowest BCUT2D eigenvalue weighted by Crippen LogP contribution is -2.54. The maximum atomic E-state index is 15.0. The van der Waals surface area contributed by atoms with Crippen LogP contribution in [0.2, 0.25) is 0 Å². The van der Waals surface area contributed by atoms with E-state index >= 15 is 4.39 Å². The average molecular weight is 600 g/mol. The molecule has 0 saturated carbocycles. The number of carbonyl (C=O) groups is 1. The molecule has 0 bridgehead atoms. The van der Waals surface area contributed by atoms with Gasteiger partial charge in [-0.15, -0.1) is 0 Å². The van der Waals surface area contributed by atoms with Gasteiger partial charge in [0.05, 0.1) is 29.7 Å². The van der Waals surface area contributed by atoms with E-state index in [2.05, 4.69) is 35.4 Å². The highest BCUT2D eigenvalue weighted by atomic mass is 32.2. The second-order valence-electron chi connectivity index (χ2n) is 10.1. The molecule has 222 valence electrons. The number of ether oxygens (including phenoxy) is 1. The van der Waals surface area contributed by atoms with Gasteiger partial charge in [-0.05, 0) is 25.2 Å². The third kappa shape index (κ3) is 6.11. The molecule has 0 aliphatic carbocycles. The van der Waals surface area contributed by atoms with E-state index in [1.54, 1.807) is 31.5 Å². The fraction of sp³-hybridized carbons (Fsp3) is 0.321. The summed E-state index contributed by atoms with van der Waals surface area (Å²) in [5.74, 6) is -2.07. The van der Waals surface area contributed by atoms with Crippen molar-refractivity contribution in [1.29, 1.82) is 0 Å². The van der Waals surface area contributed by atoms with Gasteiger partial charge in [-0.3, -0.25) is 9.69 Å². The number of piperazine rings is 1. The van der Waals surface area contributed by atoms with E-state index in [9.17, 15) is 17.6 Å². The molecule has 0 spiro atoms. The van der Waals surface area contributed by atoms with E-state index in [1.807, 2.05) is 7.05 Å². The normalized spacial score (nSPS) is 15.5. The minimum atomic E-state index is -3.81. The number of para-hydroxylation sites is 1. The van der Waals surface area contributed by atoms with Crippen LogP contribution in [0.5, 0.6) is 0 Å². The second kappa shape index (κ2) is 12.1. The van der Waals surface area contributed by atoms with Gasteiger partial charge in [0.2, 0.25) is 11.9 Å². The van der Waals surface area contributed by atoms with Gasteiger partial charge in [0, 0.05) is 56.7 Å². The van der Waals surface area contributed by atoms with Crippen molar-refractivity contribution in [2.45, 2.75) is 10.9 Å². The molecule has 2 aromatic carbocycles. The number of nitrogens with zero attached hydrogens (tertiary/aromatic N) is 4. The Morgan fingerprint density at radius 3 is 2.55 bits per heavy atom. The summed E-state index contributed by atoms with van der Waals surface area (Å²) >= 11 is 0. The third-order valence-corrected chi connectivity index (χ3v) is 8.30. The molecule has 1 amide bonds. The van der Waals surface area contributed by atoms with E-state index < -0.39 is 32.4 Å². The standard InChI is InChI=1S/C28H31F2N7O4S/c1-36-10-12-37(13-11-36)22(16-41-2)27(38)33-21-8-4-6-17-18(14-31-26(17)21)25-19(29)15-32-28(35-25)34-20-7-5-9-23(24(20)30)42(3,39)40/h4-9,14-15,22,31H,10-13,16H2,1-3H3,(H,33,38)(H,32,34,35)/t22-/m0/s1. The average Bonchev–Trinajstić information content (AvgIpc) is 3.39. The smallest absolute Gasteiger partial charge is 0.244 e. The van der Waals surface area contributed by atoms with Crippen LogP contribution >= 0.6 is 0 Å². The molecule has 42 heavy (non-hydrogen) atoms. The lowest BCUT2D eigenvalue weighted by Gasteiger charge is -2.36. The van der Waals surface area contributed by atoms with Gasteiger partial charge in [-0.25, -0.2) is 27.2 Å². The van der Waals surface area contributed by atoms with E-state index in [0.717, 1.165) is 44.7 Å². The quantitative estimate of drug-likeness (QED) is 0.265. The fourth-order valence-electron chi connectivity index (χ4n) is 4.94. The molecule has 14 heteroatoms. The van der Waals surface area contributed by atoms with Gasteiger partial charge < -0.3 is 25.3 Å². The first-order chi connectivity index (χ1) is 20.1. The summed E-state index contributed by atoms with van der Waals surface area (Å²) in [6.07, 6.45) is 3.41. The molecular formula is C28H31F2N7O4S. The van der Waals surface area contributed by atoms with Crippen molar-refractivity contribution in [2.24, 2.45) is 0 Å². The molecule has 1 aliphatic rings. The molecular weight excluding hydrogens is 568 g/mol. The number of H-pyrrole nitrogens is 1. The summed E-state index contributed by atoms with van der Waals surface area (Å²) < 4.78 is 59.1. The minimum absolute atomic E-state index is 0.0726. The number of halogens is 2. The number of fused-ring (bicyclic) bond motifs is 1. The maximum Gasteiger partial charge on any atom is 0.244 e. The van der Waals surface area contributed by atoms with Crippen LogP contribution in [0.3, 0.4) is 0 Å². The number of likely N-dealkylation sites (N-methyl/N-ethyl adjacent to an activating group) is 1. The number of hydrogen-bond donors (Lipinski definition) is 3. The minimum Gasteiger partial charge on any atom is -0.383 e. The lowest BCUT2D eigenvalue weighted by molar-refractivity contribution is -0.124. The molecule has 3 heterocycles. The zero-order chi connectivity index (χ0) is 30.0. The number of methoxy groups -OCH3 is 1. The molecule has 5 rings (SSSR count). The van der Waals surface area contributed by atoms with Gasteiger partial charge in [0.15, 0.2) is 21.5 Å². The summed E-state index contributed by atoms with van der Waals surface area (Å²) in [6, 6.07) is 8.61. The highest BCUT2D eigenvalue weighted by Gasteiger charge is 2.29. The first-order valence-electron chi connectivity index (χ1n) is 13.2. The molecule has 1 fully saturated rings. The summed E-state index contributed by atoms with van der Waals surface area (Å²) in [7, 11) is -0.213. The predicted octanol–water partition coefficient (Wildman–Crippen LogP) is 3.25. The van der Waals surface area contributed by atoms with Crippen LogP contribution in [0.15, 0.2) is 53.7 Å². The number of nitrogens with one attached hydrogen (secondary N) is 3. The Hall–Kier alpha value is -3.98. The Morgan fingerprint density at radius 2 is 1.83 bits per heavy atom. The molecule has 0 unspecified atom stereocenters. The molecule has 1 saturated heterocycles. The number of benzene rings is 2. The highest BCUT2D eigenvalue weighted by Crippen LogP contribution is 2.34. The van der Waals surface area contributed by atoms with Crippen molar-refractivity contribution in [3.63, 3.8) is 0 Å². The number of sulfone groups is 1. The van der Waals surface area contributed by atoms with Crippen LogP contribution in [0, 0.1) is 11.6 Å². The van der Waals surface area contributed by atoms with Crippen LogP contribution in [0.25, 0.3) is 22.2 Å². The summed E-state index contributed by atoms with van der Waals surface area (Å²) in [5, 5.41) is 6.22. The van der Waals surface area contributed by atoms with E-state index in [1.165, 1.54) is 12.1 Å². The van der Waals surface area contributed by atoms with E-state index in [0.29, 0.717) is 22.2 Å². The van der Waals surface area contributed by atoms with Crippen molar-refractivity contribution in [1.82, 2.24) is 24.8 Å². The van der Waals surface area contributed by atoms with Crippen LogP contribution in [-0.2, 0) is 19.4 Å². The Morgan fingerprint density at radius 1 is 1.12 bits per heavy atom. The highest BCUT2D eigenvalue weighted by molar-refractivity contribution is 7.90. The van der Waals surface area contributed by atoms with E-state index in [4.69, 9.17) is 4.74 Å². The molecule has 3 N–H and O–H groups in total. The topological polar surface area (TPSA) is 133 Å². The third-order valence-electron chi connectivity index (χ3n) is 7.19. The summed E-state index contributed by atoms with van der Waals surface area (Å²) in [5.41, 5.74) is 1.21. The maximum absolute atomic E-state index is 15.0. The Labute approximate surface area is 241 Å². The van der Waals surface area contributed by atoms with Gasteiger partial charge in [-0.1, -0.05) is 18.2 Å². The number of carbonyl (C=O) groups excluding carboxylic acids is 1. The Bertz CT molecular complexity index is 1720. The van der Waals surface area contributed by atoms with Gasteiger partial charge in [-0.2, -0.15) is 0 Å². The zero-order valence-electron chi connectivity index (χ0n) is 23.3. The number of amides is 1. The number of hydrogen-bond acceptors (Lipinski definition) is 9. The molecule has 0 radical (unpaired) electrons. The van der Waals surface area contributed by atoms with Crippen molar-refractivity contribution in [3.05, 3.63) is 60.4 Å². The number of rotatable bonds is 9. The Balaban J connectivity index is 1.43. The van der Waals surface area contributed by atoms with Crippen molar-refractivity contribution < 1.29 is 26.7 Å². The summed E-state index contributed by atoms with van der Waals surface area (Å²) in [6.45, 7) is 3.40. The van der Waals surface area contributed by atoms with Crippen molar-refractivity contribution in [3.8, 4) is 11.3 Å². The van der Waals surface area contributed by atoms with Gasteiger partial charge in [0.25, 0.3) is 0 Å². The summed E-state index contributed by atoms with van der Waals surface area (Å²) in [4.78, 5) is 28.4.